The van der Waals surface area contributed by atoms with E-state index in [1.165, 1.54) is 21.9 Å². The zero-order valence-corrected chi connectivity index (χ0v) is 28.9. The highest BCUT2D eigenvalue weighted by Gasteiger charge is 2.25. The molecule has 12 heteroatoms. The second-order valence-electron chi connectivity index (χ2n) is 10.3. The topological polar surface area (TPSA) is 59.1 Å². The van der Waals surface area contributed by atoms with Crippen molar-refractivity contribution in [3.05, 3.63) is 167 Å². The molecule has 6 nitrogen and oxygen atoms in total. The van der Waals surface area contributed by atoms with E-state index in [0.29, 0.717) is 32.5 Å². The van der Waals surface area contributed by atoms with Crippen molar-refractivity contribution in [2.75, 3.05) is 9.80 Å². The highest BCUT2D eigenvalue weighted by atomic mass is 35.5. The number of hydrogen-bond donors (Lipinski definition) is 0. The van der Waals surface area contributed by atoms with Gasteiger partial charge in [-0.05, 0) is 60.7 Å². The van der Waals surface area contributed by atoms with E-state index in [1.807, 2.05) is 24.3 Å². The lowest BCUT2D eigenvalue weighted by Gasteiger charge is -2.22. The zero-order valence-electron chi connectivity index (χ0n) is 25.7. The second-order valence-corrected chi connectivity index (χ2v) is 13.4. The smallest absolute Gasteiger partial charge is 0.407 e. The second kappa shape index (κ2) is 16.1. The van der Waals surface area contributed by atoms with Crippen LogP contribution in [-0.4, -0.2) is 12.2 Å². The summed E-state index contributed by atoms with van der Waals surface area (Å²) in [6.45, 7) is 0. The number of carbonyl (C=O) groups is 2. The Morgan fingerprint density at radius 2 is 0.760 bits per heavy atom. The highest BCUT2D eigenvalue weighted by molar-refractivity contribution is 8.76. The van der Waals surface area contributed by atoms with Gasteiger partial charge >= 0.3 is 12.2 Å². The van der Waals surface area contributed by atoms with E-state index in [1.54, 1.807) is 97.1 Å². The van der Waals surface area contributed by atoms with Gasteiger partial charge in [-0.3, -0.25) is 0 Å². The number of rotatable bonds is 9. The number of nitrogens with zero attached hydrogens (tertiary/aromatic N) is 2. The first kappa shape index (κ1) is 34.8. The molecular weight excluding hydrogens is 721 g/mol. The minimum Gasteiger partial charge on any atom is -0.407 e. The maximum atomic E-state index is 15.1. The summed E-state index contributed by atoms with van der Waals surface area (Å²) in [5, 5.41) is 0.0723. The van der Waals surface area contributed by atoms with Crippen molar-refractivity contribution >= 4 is 79.7 Å². The summed E-state index contributed by atoms with van der Waals surface area (Å²) in [5.74, 6) is -2.43. The summed E-state index contributed by atoms with van der Waals surface area (Å²) in [4.78, 5) is 30.2. The van der Waals surface area contributed by atoms with Gasteiger partial charge in [0.2, 0.25) is 0 Å². The summed E-state index contributed by atoms with van der Waals surface area (Å²) in [5.41, 5.74) is 2.06. The molecule has 0 aliphatic heterocycles. The standard InChI is InChI=1S/C38H24Cl2F2N2O4S2/c39-29-21-31(41)33(47-37(45)43(25-13-5-1-6-14-25)26-15-7-2-8-16-26)23-35(29)49-50-36-24-34(32(42)22-30(36)40)48-38(46)44(27-17-9-3-10-18-27)28-19-11-4-12-20-28/h1-24H. The Balaban J connectivity index is 1.22. The fourth-order valence-corrected chi connectivity index (χ4v) is 7.64. The molecule has 0 aliphatic carbocycles. The molecule has 6 aromatic rings. The van der Waals surface area contributed by atoms with Crippen LogP contribution in [0.3, 0.4) is 0 Å². The summed E-state index contributed by atoms with van der Waals surface area (Å²) >= 11 is 12.8. The van der Waals surface area contributed by atoms with Gasteiger partial charge in [-0.15, -0.1) is 0 Å². The molecule has 0 fully saturated rings. The van der Waals surface area contributed by atoms with Crippen molar-refractivity contribution < 1.29 is 27.8 Å². The van der Waals surface area contributed by atoms with Crippen LogP contribution in [0.25, 0.3) is 0 Å². The van der Waals surface area contributed by atoms with Crippen LogP contribution in [-0.2, 0) is 0 Å². The van der Waals surface area contributed by atoms with Gasteiger partial charge in [-0.25, -0.2) is 28.2 Å². The molecule has 0 bridgehead atoms. The van der Waals surface area contributed by atoms with Crippen molar-refractivity contribution in [1.82, 2.24) is 0 Å². The third kappa shape index (κ3) is 8.23. The average Bonchev–Trinajstić information content (AvgIpc) is 3.12. The SMILES string of the molecule is O=C(Oc1cc(SSc2cc(OC(=O)N(c3ccccc3)c3ccccc3)c(F)cc2Cl)c(Cl)cc1F)N(c1ccccc1)c1ccccc1. The fraction of sp³-hybridized carbons (Fsp3) is 0. The average molecular weight is 746 g/mol. The van der Waals surface area contributed by atoms with Gasteiger partial charge in [0, 0.05) is 21.9 Å². The fourth-order valence-electron chi connectivity index (χ4n) is 4.70. The summed E-state index contributed by atoms with van der Waals surface area (Å²) < 4.78 is 41.3. The molecule has 0 aromatic heterocycles. The molecule has 0 aliphatic rings. The normalized spacial score (nSPS) is 10.7. The molecule has 0 spiro atoms. The first-order valence-corrected chi connectivity index (χ1v) is 17.8. The van der Waals surface area contributed by atoms with E-state index in [4.69, 9.17) is 32.7 Å². The van der Waals surface area contributed by atoms with Crippen molar-refractivity contribution in [3.8, 4) is 11.5 Å². The summed E-state index contributed by atoms with van der Waals surface area (Å²) in [7, 11) is 2.11. The molecule has 6 aromatic carbocycles. The molecule has 0 saturated heterocycles. The van der Waals surface area contributed by atoms with Crippen molar-refractivity contribution in [3.63, 3.8) is 0 Å². The minimum atomic E-state index is -0.853. The van der Waals surface area contributed by atoms with E-state index in [0.717, 1.165) is 33.7 Å². The van der Waals surface area contributed by atoms with Gasteiger partial charge in [0.15, 0.2) is 23.1 Å². The van der Waals surface area contributed by atoms with Crippen LogP contribution in [0.5, 0.6) is 11.5 Å². The van der Waals surface area contributed by atoms with Gasteiger partial charge < -0.3 is 9.47 Å². The number of carbonyl (C=O) groups excluding carboxylic acids is 2. The molecule has 0 saturated carbocycles. The number of benzene rings is 6. The zero-order chi connectivity index (χ0) is 35.0. The number of amides is 2. The van der Waals surface area contributed by atoms with Crippen LogP contribution >= 0.6 is 44.8 Å². The first-order chi connectivity index (χ1) is 24.3. The maximum Gasteiger partial charge on any atom is 0.424 e. The third-order valence-corrected chi connectivity index (χ3v) is 10.3. The molecule has 0 atom stereocenters. The molecule has 0 radical (unpaired) electrons. The van der Waals surface area contributed by atoms with Gasteiger partial charge in [0.05, 0.1) is 32.8 Å². The lowest BCUT2D eigenvalue weighted by atomic mass is 10.2. The molecule has 6 rings (SSSR count). The van der Waals surface area contributed by atoms with Crippen LogP contribution in [0.1, 0.15) is 0 Å². The molecule has 2 amide bonds. The Bertz CT molecular complexity index is 1890. The Kier molecular flexibility index (Phi) is 11.2. The maximum absolute atomic E-state index is 15.1. The van der Waals surface area contributed by atoms with Gasteiger partial charge in [-0.2, -0.15) is 0 Å². The van der Waals surface area contributed by atoms with Gasteiger partial charge in [-0.1, -0.05) is 118 Å². The van der Waals surface area contributed by atoms with E-state index < -0.39 is 23.8 Å². The number of anilines is 4. The number of hydrogen-bond acceptors (Lipinski definition) is 6. The Morgan fingerprint density at radius 3 is 1.04 bits per heavy atom. The largest absolute Gasteiger partial charge is 0.424 e. The first-order valence-electron chi connectivity index (χ1n) is 14.8. The number of halogens is 4. The van der Waals surface area contributed by atoms with Crippen LogP contribution in [0.2, 0.25) is 10.0 Å². The predicted molar refractivity (Wildman–Crippen MR) is 197 cm³/mol. The molecule has 0 heterocycles. The molecular formula is C38H24Cl2F2N2O4S2. The van der Waals surface area contributed by atoms with Crippen LogP contribution in [0, 0.1) is 11.6 Å². The van der Waals surface area contributed by atoms with Crippen LogP contribution in [0.15, 0.2) is 155 Å². The Labute approximate surface area is 304 Å². The lowest BCUT2D eigenvalue weighted by Crippen LogP contribution is -2.29. The molecule has 50 heavy (non-hydrogen) atoms. The van der Waals surface area contributed by atoms with E-state index >= 15 is 8.78 Å². The summed E-state index contributed by atoms with van der Waals surface area (Å²) in [6, 6.07) is 39.8. The van der Waals surface area contributed by atoms with Crippen LogP contribution in [0.4, 0.5) is 41.1 Å². The summed E-state index contributed by atoms with van der Waals surface area (Å²) in [6.07, 6.45) is -1.69. The van der Waals surface area contributed by atoms with E-state index in [2.05, 4.69) is 0 Å². The Morgan fingerprint density at radius 1 is 0.480 bits per heavy atom. The highest BCUT2D eigenvalue weighted by Crippen LogP contribution is 2.46. The van der Waals surface area contributed by atoms with Crippen molar-refractivity contribution in [2.24, 2.45) is 0 Å². The van der Waals surface area contributed by atoms with Crippen LogP contribution < -0.4 is 19.3 Å². The van der Waals surface area contributed by atoms with Crippen molar-refractivity contribution in [2.45, 2.75) is 9.79 Å². The van der Waals surface area contributed by atoms with E-state index in [-0.39, 0.29) is 21.5 Å². The van der Waals surface area contributed by atoms with Gasteiger partial charge in [0.25, 0.3) is 0 Å². The molecule has 250 valence electrons. The number of para-hydroxylation sites is 4. The monoisotopic (exact) mass is 744 g/mol. The Hall–Kier alpha value is -5.00. The minimum absolute atomic E-state index is 0.0361. The third-order valence-electron chi connectivity index (χ3n) is 7.01. The predicted octanol–water partition coefficient (Wildman–Crippen LogP) is 12.7. The lowest BCUT2D eigenvalue weighted by molar-refractivity contribution is 0.207. The van der Waals surface area contributed by atoms with Gasteiger partial charge in [0.1, 0.15) is 0 Å². The number of ether oxygens (including phenoxy) is 2. The van der Waals surface area contributed by atoms with Crippen molar-refractivity contribution in [1.29, 1.82) is 0 Å². The quantitative estimate of drug-likeness (QED) is 0.137. The molecule has 0 N–H and O–H groups in total. The van der Waals surface area contributed by atoms with E-state index in [9.17, 15) is 9.59 Å². The molecule has 0 unspecified atom stereocenters.